The van der Waals surface area contributed by atoms with Gasteiger partial charge in [-0.3, -0.25) is 14.3 Å². The quantitative estimate of drug-likeness (QED) is 0.558. The second-order valence-electron chi connectivity index (χ2n) is 6.81. The molecule has 0 atom stereocenters. The lowest BCUT2D eigenvalue weighted by Gasteiger charge is -2.14. The predicted molar refractivity (Wildman–Crippen MR) is 113 cm³/mol. The molecule has 0 fully saturated rings. The molecule has 0 saturated carbocycles. The van der Waals surface area contributed by atoms with Crippen molar-refractivity contribution < 1.29 is 13.2 Å². The number of nitrogens with one attached hydrogen (secondary N) is 2. The molecule has 1 amide bonds. The van der Waals surface area contributed by atoms with Crippen molar-refractivity contribution in [3.05, 3.63) is 51.6 Å². The van der Waals surface area contributed by atoms with Crippen LogP contribution >= 0.6 is 0 Å². The molecule has 0 bridgehead atoms. The zero-order valence-electron chi connectivity index (χ0n) is 16.9. The molecule has 4 N–H and O–H groups in total. The van der Waals surface area contributed by atoms with Crippen molar-refractivity contribution in [3.63, 3.8) is 0 Å². The van der Waals surface area contributed by atoms with Crippen LogP contribution in [0.5, 0.6) is 0 Å². The highest BCUT2D eigenvalue weighted by Gasteiger charge is 2.15. The summed E-state index contributed by atoms with van der Waals surface area (Å²) in [7, 11) is -3.61. The summed E-state index contributed by atoms with van der Waals surface area (Å²) in [5.74, 6) is -0.0397. The Morgan fingerprint density at radius 1 is 1.21 bits per heavy atom. The molecule has 0 saturated heterocycles. The summed E-state index contributed by atoms with van der Waals surface area (Å²) in [5, 5.41) is 2.74. The Morgan fingerprint density at radius 2 is 1.93 bits per heavy atom. The number of hydrogen-bond acceptors (Lipinski definition) is 6. The van der Waals surface area contributed by atoms with Crippen molar-refractivity contribution in [1.29, 1.82) is 0 Å². The third kappa shape index (κ3) is 6.31. The highest BCUT2D eigenvalue weighted by molar-refractivity contribution is 7.92. The fraction of sp³-hybridized carbons (Fsp3) is 0.421. The van der Waals surface area contributed by atoms with Gasteiger partial charge >= 0.3 is 0 Å². The third-order valence-corrected chi connectivity index (χ3v) is 5.78. The number of carbonyl (C=O) groups excluding carboxylic acids is 1. The lowest BCUT2D eigenvalue weighted by Crippen LogP contribution is -2.34. The Bertz CT molecular complexity index is 1050. The van der Waals surface area contributed by atoms with Gasteiger partial charge in [0.1, 0.15) is 18.1 Å². The molecular weight excluding hydrogens is 394 g/mol. The summed E-state index contributed by atoms with van der Waals surface area (Å²) in [5.41, 5.74) is 7.06. The molecule has 0 unspecified atom stereocenters. The first kappa shape index (κ1) is 22.4. The molecule has 2 aromatic rings. The van der Waals surface area contributed by atoms with E-state index < -0.39 is 15.6 Å². The smallest absolute Gasteiger partial charge is 0.275 e. The topological polar surface area (TPSA) is 136 Å². The SMILES string of the molecule is CCCCS(=O)(=O)Nc1ccc(C)n(CC(=O)NCc2ccc(N)nc2C)c1=O. The van der Waals surface area contributed by atoms with Gasteiger partial charge in [-0.25, -0.2) is 13.4 Å². The lowest BCUT2D eigenvalue weighted by atomic mass is 10.2. The van der Waals surface area contributed by atoms with Crippen LogP contribution in [0, 0.1) is 13.8 Å². The second-order valence-corrected chi connectivity index (χ2v) is 8.65. The fourth-order valence-corrected chi connectivity index (χ4v) is 3.95. The number of nitrogen functional groups attached to an aromatic ring is 1. The molecule has 0 radical (unpaired) electrons. The van der Waals surface area contributed by atoms with Crippen LogP contribution < -0.4 is 21.3 Å². The average Bonchev–Trinajstić information content (AvgIpc) is 2.65. The van der Waals surface area contributed by atoms with E-state index in [-0.39, 0.29) is 30.4 Å². The van der Waals surface area contributed by atoms with E-state index in [9.17, 15) is 18.0 Å². The van der Waals surface area contributed by atoms with E-state index in [0.29, 0.717) is 23.6 Å². The Kier molecular flexibility index (Phi) is 7.38. The van der Waals surface area contributed by atoms with Crippen LogP contribution in [-0.4, -0.2) is 29.6 Å². The van der Waals surface area contributed by atoms with E-state index in [1.54, 1.807) is 32.0 Å². The minimum atomic E-state index is -3.61. The molecule has 0 aliphatic heterocycles. The summed E-state index contributed by atoms with van der Waals surface area (Å²) in [6.45, 7) is 5.37. The number of aromatic nitrogens is 2. The van der Waals surface area contributed by atoms with Gasteiger partial charge in [0.25, 0.3) is 5.56 Å². The van der Waals surface area contributed by atoms with E-state index >= 15 is 0 Å². The molecule has 9 nitrogen and oxygen atoms in total. The minimum absolute atomic E-state index is 0.0632. The maximum Gasteiger partial charge on any atom is 0.275 e. The van der Waals surface area contributed by atoms with Crippen LogP contribution in [0.4, 0.5) is 11.5 Å². The minimum Gasteiger partial charge on any atom is -0.384 e. The van der Waals surface area contributed by atoms with Crippen LogP contribution in [0.3, 0.4) is 0 Å². The molecule has 29 heavy (non-hydrogen) atoms. The lowest BCUT2D eigenvalue weighted by molar-refractivity contribution is -0.121. The van der Waals surface area contributed by atoms with Gasteiger partial charge in [-0.2, -0.15) is 0 Å². The van der Waals surface area contributed by atoms with Crippen molar-refractivity contribution in [2.75, 3.05) is 16.2 Å². The first-order valence-electron chi connectivity index (χ1n) is 9.32. The van der Waals surface area contributed by atoms with Crippen LogP contribution in [0.1, 0.15) is 36.7 Å². The summed E-state index contributed by atoms with van der Waals surface area (Å²) >= 11 is 0. The number of nitrogens with two attached hydrogens (primary N) is 1. The van der Waals surface area contributed by atoms with Crippen molar-refractivity contribution in [1.82, 2.24) is 14.9 Å². The van der Waals surface area contributed by atoms with Gasteiger partial charge in [-0.1, -0.05) is 19.4 Å². The Hall–Kier alpha value is -2.88. The van der Waals surface area contributed by atoms with E-state index in [4.69, 9.17) is 5.73 Å². The van der Waals surface area contributed by atoms with Crippen molar-refractivity contribution >= 4 is 27.4 Å². The molecule has 2 rings (SSSR count). The first-order chi connectivity index (χ1) is 13.6. The molecule has 2 aromatic heterocycles. The number of unbranched alkanes of at least 4 members (excludes halogenated alkanes) is 1. The molecule has 10 heteroatoms. The van der Waals surface area contributed by atoms with Crippen molar-refractivity contribution in [2.24, 2.45) is 0 Å². The van der Waals surface area contributed by atoms with Crippen LogP contribution in [0.2, 0.25) is 0 Å². The van der Waals surface area contributed by atoms with Gasteiger partial charge in [-0.15, -0.1) is 0 Å². The van der Waals surface area contributed by atoms with Gasteiger partial charge in [0, 0.05) is 17.9 Å². The molecular formula is C19H27N5O4S. The molecule has 158 valence electrons. The monoisotopic (exact) mass is 421 g/mol. The second kappa shape index (κ2) is 9.55. The highest BCUT2D eigenvalue weighted by Crippen LogP contribution is 2.09. The van der Waals surface area contributed by atoms with Crippen LogP contribution in [0.25, 0.3) is 0 Å². The first-order valence-corrected chi connectivity index (χ1v) is 11.0. The summed E-state index contributed by atoms with van der Waals surface area (Å²) in [6, 6.07) is 6.44. The number of anilines is 2. The normalized spacial score (nSPS) is 11.3. The molecule has 0 aliphatic carbocycles. The third-order valence-electron chi connectivity index (χ3n) is 4.42. The summed E-state index contributed by atoms with van der Waals surface area (Å²) in [6.07, 6.45) is 1.22. The van der Waals surface area contributed by atoms with Gasteiger partial charge in [-0.05, 0) is 44.0 Å². The van der Waals surface area contributed by atoms with Gasteiger partial charge in [0.2, 0.25) is 15.9 Å². The van der Waals surface area contributed by atoms with Gasteiger partial charge in [0.15, 0.2) is 0 Å². The van der Waals surface area contributed by atoms with E-state index in [0.717, 1.165) is 12.0 Å². The van der Waals surface area contributed by atoms with Crippen molar-refractivity contribution in [2.45, 2.75) is 46.7 Å². The van der Waals surface area contributed by atoms with E-state index in [1.807, 2.05) is 6.92 Å². The fourth-order valence-electron chi connectivity index (χ4n) is 2.69. The zero-order chi connectivity index (χ0) is 21.6. The summed E-state index contributed by atoms with van der Waals surface area (Å²) < 4.78 is 27.7. The zero-order valence-corrected chi connectivity index (χ0v) is 17.7. The van der Waals surface area contributed by atoms with E-state index in [2.05, 4.69) is 15.0 Å². The van der Waals surface area contributed by atoms with Crippen molar-refractivity contribution in [3.8, 4) is 0 Å². The standard InChI is InChI=1S/C19H27N5O4S/c1-4-5-10-29(27,28)23-16-8-6-13(2)24(19(16)26)12-18(25)21-11-15-7-9-17(20)22-14(15)3/h6-9,23H,4-5,10-12H2,1-3H3,(H2,20,22)(H,21,25). The molecule has 2 heterocycles. The van der Waals surface area contributed by atoms with Crippen LogP contribution in [-0.2, 0) is 27.9 Å². The number of hydrogen-bond donors (Lipinski definition) is 3. The molecule has 0 aromatic carbocycles. The Morgan fingerprint density at radius 3 is 2.59 bits per heavy atom. The number of amides is 1. The number of carbonyl (C=O) groups is 1. The highest BCUT2D eigenvalue weighted by atomic mass is 32.2. The van der Waals surface area contributed by atoms with Gasteiger partial charge in [0.05, 0.1) is 5.75 Å². The number of rotatable bonds is 9. The average molecular weight is 422 g/mol. The Balaban J connectivity index is 2.11. The van der Waals surface area contributed by atoms with Crippen LogP contribution in [0.15, 0.2) is 29.1 Å². The van der Waals surface area contributed by atoms with Gasteiger partial charge < -0.3 is 15.6 Å². The van der Waals surface area contributed by atoms with E-state index in [1.165, 1.54) is 10.6 Å². The maximum absolute atomic E-state index is 12.7. The maximum atomic E-state index is 12.7. The molecule has 0 spiro atoms. The largest absolute Gasteiger partial charge is 0.384 e. The number of aryl methyl sites for hydroxylation is 2. The number of nitrogens with zero attached hydrogens (tertiary/aromatic N) is 2. The predicted octanol–water partition coefficient (Wildman–Crippen LogP) is 1.30. The molecule has 0 aliphatic rings. The number of pyridine rings is 2. The Labute approximate surface area is 170 Å². The number of sulfonamides is 1. The summed E-state index contributed by atoms with van der Waals surface area (Å²) in [4.78, 5) is 29.2.